The second kappa shape index (κ2) is 11.4. The highest BCUT2D eigenvalue weighted by molar-refractivity contribution is 5.49. The zero-order chi connectivity index (χ0) is 28.3. The van der Waals surface area contributed by atoms with Crippen LogP contribution in [0.2, 0.25) is 0 Å². The number of nitrogens with zero attached hydrogens (tertiary/aromatic N) is 2. The molecule has 0 amide bonds. The van der Waals surface area contributed by atoms with Crippen LogP contribution >= 0.6 is 0 Å². The Morgan fingerprint density at radius 3 is 2.00 bits per heavy atom. The largest absolute Gasteiger partial charge is 0.497 e. The van der Waals surface area contributed by atoms with Crippen LogP contribution in [0.1, 0.15) is 22.9 Å². The van der Waals surface area contributed by atoms with E-state index in [1.54, 1.807) is 14.2 Å². The van der Waals surface area contributed by atoms with Gasteiger partial charge in [0.2, 0.25) is 0 Å². The lowest BCUT2D eigenvalue weighted by Gasteiger charge is -2.37. The van der Waals surface area contributed by atoms with Crippen LogP contribution in [0.3, 0.4) is 0 Å². The Morgan fingerprint density at radius 1 is 0.925 bits per heavy atom. The number of hydrogen-bond donors (Lipinski definition) is 2. The molecule has 208 valence electrons. The number of alkyl halides is 1. The Hall–Kier alpha value is -4.32. The molecule has 0 spiro atoms. The van der Waals surface area contributed by atoms with E-state index in [1.165, 1.54) is 0 Å². The normalized spacial score (nSPS) is 20.8. The van der Waals surface area contributed by atoms with E-state index in [4.69, 9.17) is 18.9 Å². The van der Waals surface area contributed by atoms with Crippen molar-refractivity contribution in [3.05, 3.63) is 123 Å². The van der Waals surface area contributed by atoms with Gasteiger partial charge in [-0.25, -0.2) is 9.18 Å². The zero-order valence-electron chi connectivity index (χ0n) is 21.8. The van der Waals surface area contributed by atoms with E-state index in [1.807, 2.05) is 83.8 Å². The first kappa shape index (κ1) is 27.3. The average Bonchev–Trinajstić information content (AvgIpc) is 3.27. The maximum atomic E-state index is 15.2. The van der Waals surface area contributed by atoms with Crippen molar-refractivity contribution in [2.24, 2.45) is 0 Å². The van der Waals surface area contributed by atoms with Crippen molar-refractivity contribution < 1.29 is 28.4 Å². The van der Waals surface area contributed by atoms with Gasteiger partial charge in [0.1, 0.15) is 35.5 Å². The minimum absolute atomic E-state index is 0.261. The minimum Gasteiger partial charge on any atom is -0.497 e. The first-order valence-corrected chi connectivity index (χ1v) is 12.5. The van der Waals surface area contributed by atoms with Gasteiger partial charge in [-0.1, -0.05) is 54.6 Å². The predicted octanol–water partition coefficient (Wildman–Crippen LogP) is 2.55. The third kappa shape index (κ3) is 5.02. The van der Waals surface area contributed by atoms with Gasteiger partial charge in [0.25, 0.3) is 5.56 Å². The second-order valence-electron chi connectivity index (χ2n) is 9.20. The highest BCUT2D eigenvalue weighted by atomic mass is 19.1. The van der Waals surface area contributed by atoms with Gasteiger partial charge in [-0.05, 0) is 41.0 Å². The van der Waals surface area contributed by atoms with Crippen molar-refractivity contribution in [2.45, 2.75) is 30.2 Å². The third-order valence-corrected chi connectivity index (χ3v) is 6.91. The van der Waals surface area contributed by atoms with Crippen LogP contribution in [0, 0.1) is 0 Å². The lowest BCUT2D eigenvalue weighted by molar-refractivity contribution is -0.0977. The van der Waals surface area contributed by atoms with Crippen LogP contribution in [0.4, 0.5) is 4.39 Å². The molecule has 0 unspecified atom stereocenters. The number of methoxy groups -OCH3 is 2. The second-order valence-corrected chi connectivity index (χ2v) is 9.20. The van der Waals surface area contributed by atoms with Gasteiger partial charge < -0.3 is 24.1 Å². The van der Waals surface area contributed by atoms with Gasteiger partial charge >= 0.3 is 5.69 Å². The molecule has 5 rings (SSSR count). The Kier molecular flexibility index (Phi) is 7.78. The standard InChI is InChI=1S/C29H28FN3O7/c1-37-21-12-8-19(9-13-21)29(18-6-4-3-5-7-18,20-10-14-22(38-2)15-11-20)39-17-23-26(35)25(30)27(40-23)33-28(36)32-24(34)16-31-33/h3-16,23,25-27,35H,17H2,1-2H3,(H,32,34,36)/t23-,25+,26-,27-/m1/s1. The number of hydrogen-bond acceptors (Lipinski definition) is 8. The Labute approximate surface area is 228 Å². The molecule has 0 bridgehead atoms. The lowest BCUT2D eigenvalue weighted by Crippen LogP contribution is -2.39. The summed E-state index contributed by atoms with van der Waals surface area (Å²) in [6, 6.07) is 24.2. The summed E-state index contributed by atoms with van der Waals surface area (Å²) in [4.78, 5) is 25.7. The van der Waals surface area contributed by atoms with Crippen LogP contribution in [-0.4, -0.2) is 59.1 Å². The van der Waals surface area contributed by atoms with Crippen molar-refractivity contribution in [1.82, 2.24) is 14.8 Å². The number of nitrogens with one attached hydrogen (secondary N) is 1. The van der Waals surface area contributed by atoms with Crippen LogP contribution in [-0.2, 0) is 15.1 Å². The Bertz CT molecular complexity index is 1490. The van der Waals surface area contributed by atoms with Crippen LogP contribution in [0.25, 0.3) is 0 Å². The smallest absolute Gasteiger partial charge is 0.347 e. The molecule has 0 saturated carbocycles. The molecule has 2 heterocycles. The van der Waals surface area contributed by atoms with Crippen molar-refractivity contribution in [3.8, 4) is 11.5 Å². The van der Waals surface area contributed by atoms with E-state index < -0.39 is 41.5 Å². The molecule has 0 radical (unpaired) electrons. The maximum Gasteiger partial charge on any atom is 0.347 e. The van der Waals surface area contributed by atoms with Crippen molar-refractivity contribution >= 4 is 0 Å². The van der Waals surface area contributed by atoms with E-state index in [-0.39, 0.29) is 6.61 Å². The van der Waals surface area contributed by atoms with Crippen LogP contribution < -0.4 is 20.7 Å². The summed E-state index contributed by atoms with van der Waals surface area (Å²) >= 11 is 0. The van der Waals surface area contributed by atoms with Crippen LogP contribution in [0.15, 0.2) is 94.6 Å². The average molecular weight is 550 g/mol. The summed E-state index contributed by atoms with van der Waals surface area (Å²) in [7, 11) is 3.15. The number of aromatic nitrogens is 3. The number of aliphatic hydroxyl groups excluding tert-OH is 1. The molecule has 4 aromatic rings. The maximum absolute atomic E-state index is 15.2. The molecular weight excluding hydrogens is 521 g/mol. The van der Waals surface area contributed by atoms with E-state index in [2.05, 4.69) is 5.10 Å². The fraction of sp³-hybridized carbons (Fsp3) is 0.276. The third-order valence-electron chi connectivity index (χ3n) is 6.91. The molecule has 11 heteroatoms. The van der Waals surface area contributed by atoms with E-state index in [9.17, 15) is 14.7 Å². The molecule has 40 heavy (non-hydrogen) atoms. The number of aliphatic hydroxyl groups is 1. The van der Waals surface area contributed by atoms with Gasteiger partial charge in [-0.15, -0.1) is 0 Å². The van der Waals surface area contributed by atoms with Gasteiger partial charge in [0.05, 0.1) is 20.8 Å². The van der Waals surface area contributed by atoms with Crippen molar-refractivity contribution in [3.63, 3.8) is 0 Å². The van der Waals surface area contributed by atoms with Crippen molar-refractivity contribution in [1.29, 1.82) is 0 Å². The number of halogens is 1. The molecule has 1 aliphatic heterocycles. The zero-order valence-corrected chi connectivity index (χ0v) is 21.8. The predicted molar refractivity (Wildman–Crippen MR) is 142 cm³/mol. The van der Waals surface area contributed by atoms with Gasteiger partial charge in [0.15, 0.2) is 12.4 Å². The summed E-state index contributed by atoms with van der Waals surface area (Å²) < 4.78 is 39.0. The molecule has 0 aliphatic carbocycles. The fourth-order valence-corrected chi connectivity index (χ4v) is 4.86. The Balaban J connectivity index is 1.56. The number of aromatic amines is 1. The topological polar surface area (TPSA) is 125 Å². The van der Waals surface area contributed by atoms with Gasteiger partial charge in [0, 0.05) is 0 Å². The van der Waals surface area contributed by atoms with Gasteiger partial charge in [-0.3, -0.25) is 9.78 Å². The minimum atomic E-state index is -2.00. The number of benzene rings is 3. The summed E-state index contributed by atoms with van der Waals surface area (Å²) in [5, 5.41) is 14.4. The van der Waals surface area contributed by atoms with Crippen molar-refractivity contribution in [2.75, 3.05) is 20.8 Å². The molecule has 1 aromatic heterocycles. The molecule has 1 aliphatic rings. The summed E-state index contributed by atoms with van der Waals surface area (Å²) in [5.41, 5.74) is -0.664. The number of rotatable bonds is 9. The molecule has 2 N–H and O–H groups in total. The van der Waals surface area contributed by atoms with E-state index in [0.29, 0.717) is 16.2 Å². The SMILES string of the molecule is COc1ccc(C(OC[C@H]2O[C@@H](n3ncc(=O)[nH]c3=O)[C@@H](F)[C@@H]2O)(c2ccccc2)c2ccc(OC)cc2)cc1. The lowest BCUT2D eigenvalue weighted by atomic mass is 9.80. The number of ether oxygens (including phenoxy) is 4. The number of H-pyrrole nitrogens is 1. The quantitative estimate of drug-likeness (QED) is 0.305. The van der Waals surface area contributed by atoms with Gasteiger partial charge in [-0.2, -0.15) is 9.78 Å². The fourth-order valence-electron chi connectivity index (χ4n) is 4.86. The highest BCUT2D eigenvalue weighted by Gasteiger charge is 2.48. The molecule has 10 nitrogen and oxygen atoms in total. The monoisotopic (exact) mass is 549 g/mol. The molecule has 1 fully saturated rings. The molecular formula is C29H28FN3O7. The summed E-state index contributed by atoms with van der Waals surface area (Å²) in [6.45, 7) is -0.261. The summed E-state index contributed by atoms with van der Waals surface area (Å²) in [6.07, 6.45) is -5.52. The first-order valence-electron chi connectivity index (χ1n) is 12.5. The summed E-state index contributed by atoms with van der Waals surface area (Å²) in [5.74, 6) is 1.30. The molecule has 3 aromatic carbocycles. The molecule has 4 atom stereocenters. The highest BCUT2D eigenvalue weighted by Crippen LogP contribution is 2.42. The van der Waals surface area contributed by atoms with E-state index >= 15 is 4.39 Å². The first-order chi connectivity index (χ1) is 19.4. The molecule has 1 saturated heterocycles. The van der Waals surface area contributed by atoms with E-state index in [0.717, 1.165) is 22.9 Å². The Morgan fingerprint density at radius 2 is 1.48 bits per heavy atom. The van der Waals surface area contributed by atoms with Crippen LogP contribution in [0.5, 0.6) is 11.5 Å².